The number of ether oxygens (including phenoxy) is 2. The number of aromatic nitrogens is 2. The van der Waals surface area contributed by atoms with Crippen LogP contribution >= 0.6 is 11.3 Å². The van der Waals surface area contributed by atoms with Crippen molar-refractivity contribution in [1.82, 2.24) is 9.97 Å². The lowest BCUT2D eigenvalue weighted by atomic mass is 9.80. The Bertz CT molecular complexity index is 1290. The molecule has 1 spiro atoms. The molecule has 6 nitrogen and oxygen atoms in total. The van der Waals surface area contributed by atoms with Gasteiger partial charge in [-0.25, -0.2) is 4.99 Å². The van der Waals surface area contributed by atoms with Crippen LogP contribution in [0.4, 0.5) is 0 Å². The van der Waals surface area contributed by atoms with Crippen LogP contribution in [0.3, 0.4) is 0 Å². The number of hydrogen-bond acceptors (Lipinski definition) is 7. The molecule has 0 saturated carbocycles. The Balaban J connectivity index is 1.57. The second-order valence-electron chi connectivity index (χ2n) is 7.23. The topological polar surface area (TPSA) is 82.6 Å². The standard InChI is InChI=1S/C23H16N4O2S/c24-22-27-23(12-28-22)17-8-14(16-2-1-7-25-10-16)3-5-19(17)29-20-6-4-15(9-18(20)23)21-11-26-13-30-21/h1-11,13H,12H2,(H2,24,27)/t23-/m0/s1. The summed E-state index contributed by atoms with van der Waals surface area (Å²) in [6, 6.07) is 16.4. The molecule has 0 amide bonds. The zero-order valence-corrected chi connectivity index (χ0v) is 16.6. The van der Waals surface area contributed by atoms with Gasteiger partial charge in [-0.2, -0.15) is 0 Å². The highest BCUT2D eigenvalue weighted by atomic mass is 32.1. The van der Waals surface area contributed by atoms with Crippen molar-refractivity contribution in [3.05, 3.63) is 83.8 Å². The van der Waals surface area contributed by atoms with Gasteiger partial charge in [0, 0.05) is 35.3 Å². The Morgan fingerprint density at radius 1 is 0.900 bits per heavy atom. The van der Waals surface area contributed by atoms with E-state index in [2.05, 4.69) is 22.1 Å². The predicted molar refractivity (Wildman–Crippen MR) is 116 cm³/mol. The van der Waals surface area contributed by atoms with Gasteiger partial charge in [-0.1, -0.05) is 12.1 Å². The summed E-state index contributed by atoms with van der Waals surface area (Å²) in [6.07, 6.45) is 5.47. The molecule has 2 aromatic heterocycles. The lowest BCUT2D eigenvalue weighted by molar-refractivity contribution is 0.264. The van der Waals surface area contributed by atoms with Crippen LogP contribution in [0.5, 0.6) is 11.5 Å². The largest absolute Gasteiger partial charge is 0.462 e. The van der Waals surface area contributed by atoms with E-state index in [1.807, 2.05) is 54.3 Å². The highest BCUT2D eigenvalue weighted by Crippen LogP contribution is 2.52. The maximum absolute atomic E-state index is 6.27. The Kier molecular flexibility index (Phi) is 3.66. The first kappa shape index (κ1) is 17.2. The minimum Gasteiger partial charge on any atom is -0.462 e. The summed E-state index contributed by atoms with van der Waals surface area (Å²) < 4.78 is 12.0. The third-order valence-corrected chi connectivity index (χ3v) is 6.33. The SMILES string of the molecule is NC1=N[C@@]2(CO1)c1cc(-c3cccnc3)ccc1Oc1ccc(-c3cncs3)cc12. The maximum atomic E-state index is 6.27. The zero-order chi connectivity index (χ0) is 20.1. The molecule has 7 heteroatoms. The van der Waals surface area contributed by atoms with E-state index in [4.69, 9.17) is 20.2 Å². The number of aliphatic imine (C=N–C) groups is 1. The fraction of sp³-hybridized carbons (Fsp3) is 0.0870. The fourth-order valence-electron chi connectivity index (χ4n) is 4.08. The molecule has 2 aliphatic rings. The molecular formula is C23H16N4O2S. The molecule has 0 radical (unpaired) electrons. The normalized spacial score (nSPS) is 18.9. The molecular weight excluding hydrogens is 396 g/mol. The maximum Gasteiger partial charge on any atom is 0.283 e. The quantitative estimate of drug-likeness (QED) is 0.522. The molecule has 2 N–H and O–H groups in total. The third-order valence-electron chi connectivity index (χ3n) is 5.51. The average Bonchev–Trinajstić information content (AvgIpc) is 3.45. The van der Waals surface area contributed by atoms with E-state index >= 15 is 0 Å². The van der Waals surface area contributed by atoms with Crippen LogP contribution in [0.25, 0.3) is 21.6 Å². The molecule has 0 unspecified atom stereocenters. The molecule has 0 saturated heterocycles. The van der Waals surface area contributed by atoms with Crippen LogP contribution in [0.15, 0.2) is 77.6 Å². The van der Waals surface area contributed by atoms with E-state index in [0.29, 0.717) is 6.61 Å². The molecule has 2 aliphatic heterocycles. The minimum absolute atomic E-state index is 0.184. The van der Waals surface area contributed by atoms with Crippen molar-refractivity contribution in [3.63, 3.8) is 0 Å². The van der Waals surface area contributed by atoms with Crippen molar-refractivity contribution in [2.45, 2.75) is 5.54 Å². The van der Waals surface area contributed by atoms with E-state index in [0.717, 1.165) is 44.2 Å². The van der Waals surface area contributed by atoms with E-state index in [1.165, 1.54) is 0 Å². The van der Waals surface area contributed by atoms with Crippen molar-refractivity contribution in [2.24, 2.45) is 10.7 Å². The molecule has 0 fully saturated rings. The van der Waals surface area contributed by atoms with E-state index in [-0.39, 0.29) is 6.02 Å². The van der Waals surface area contributed by atoms with Gasteiger partial charge < -0.3 is 15.2 Å². The van der Waals surface area contributed by atoms with Crippen LogP contribution < -0.4 is 10.5 Å². The van der Waals surface area contributed by atoms with Gasteiger partial charge in [-0.15, -0.1) is 11.3 Å². The van der Waals surface area contributed by atoms with Gasteiger partial charge in [0.2, 0.25) is 0 Å². The summed E-state index contributed by atoms with van der Waals surface area (Å²) in [7, 11) is 0. The first-order chi connectivity index (χ1) is 14.7. The molecule has 6 rings (SSSR count). The van der Waals surface area contributed by atoms with Crippen LogP contribution in [-0.4, -0.2) is 22.6 Å². The summed E-state index contributed by atoms with van der Waals surface area (Å²) in [4.78, 5) is 14.3. The number of benzene rings is 2. The summed E-state index contributed by atoms with van der Waals surface area (Å²) >= 11 is 1.59. The van der Waals surface area contributed by atoms with Crippen LogP contribution in [0.1, 0.15) is 11.1 Å². The Hall–Kier alpha value is -3.71. The van der Waals surface area contributed by atoms with Gasteiger partial charge in [0.25, 0.3) is 6.02 Å². The Morgan fingerprint density at radius 3 is 2.37 bits per heavy atom. The fourth-order valence-corrected chi connectivity index (χ4v) is 4.70. The number of rotatable bonds is 2. The van der Waals surface area contributed by atoms with Crippen LogP contribution in [0, 0.1) is 0 Å². The number of pyridine rings is 1. The lowest BCUT2D eigenvalue weighted by Gasteiger charge is -2.34. The highest BCUT2D eigenvalue weighted by molar-refractivity contribution is 7.13. The minimum atomic E-state index is -0.758. The molecule has 1 atom stereocenters. The van der Waals surface area contributed by atoms with Crippen molar-refractivity contribution >= 4 is 17.4 Å². The molecule has 2 aromatic carbocycles. The molecule has 0 bridgehead atoms. The number of nitrogens with two attached hydrogens (primary N) is 1. The summed E-state index contributed by atoms with van der Waals surface area (Å²) in [5.41, 5.74) is 12.1. The van der Waals surface area contributed by atoms with Gasteiger partial charge in [0.05, 0.1) is 10.4 Å². The van der Waals surface area contributed by atoms with Crippen molar-refractivity contribution < 1.29 is 9.47 Å². The van der Waals surface area contributed by atoms with Gasteiger partial charge >= 0.3 is 0 Å². The first-order valence-corrected chi connectivity index (χ1v) is 10.4. The van der Waals surface area contributed by atoms with E-state index < -0.39 is 5.54 Å². The summed E-state index contributed by atoms with van der Waals surface area (Å²) in [6.45, 7) is 0.324. The number of hydrogen-bond donors (Lipinski definition) is 1. The molecule has 4 heterocycles. The smallest absolute Gasteiger partial charge is 0.283 e. The Morgan fingerprint density at radius 2 is 1.70 bits per heavy atom. The zero-order valence-electron chi connectivity index (χ0n) is 15.8. The van der Waals surface area contributed by atoms with Gasteiger partial charge in [-0.05, 0) is 47.5 Å². The van der Waals surface area contributed by atoms with Crippen molar-refractivity contribution in [1.29, 1.82) is 0 Å². The first-order valence-electron chi connectivity index (χ1n) is 9.47. The van der Waals surface area contributed by atoms with Crippen molar-refractivity contribution in [2.75, 3.05) is 6.61 Å². The Labute approximate surface area is 176 Å². The van der Waals surface area contributed by atoms with Crippen LogP contribution in [0.2, 0.25) is 0 Å². The second kappa shape index (κ2) is 6.40. The molecule has 0 aliphatic carbocycles. The molecule has 30 heavy (non-hydrogen) atoms. The summed E-state index contributed by atoms with van der Waals surface area (Å²) in [5.74, 6) is 1.51. The van der Waals surface area contributed by atoms with Crippen LogP contribution in [-0.2, 0) is 10.3 Å². The number of thiazole rings is 1. The lowest BCUT2D eigenvalue weighted by Crippen LogP contribution is -2.31. The molecule has 4 aromatic rings. The second-order valence-corrected chi connectivity index (χ2v) is 8.12. The third kappa shape index (κ3) is 2.52. The van der Waals surface area contributed by atoms with E-state index in [1.54, 1.807) is 17.5 Å². The molecule has 146 valence electrons. The predicted octanol–water partition coefficient (Wildman–Crippen LogP) is 4.57. The monoisotopic (exact) mass is 412 g/mol. The van der Waals surface area contributed by atoms with Gasteiger partial charge in [-0.3, -0.25) is 9.97 Å². The van der Waals surface area contributed by atoms with Crippen molar-refractivity contribution in [3.8, 4) is 33.1 Å². The summed E-state index contributed by atoms with van der Waals surface area (Å²) in [5, 5.41) is 0. The number of amidine groups is 1. The number of fused-ring (bicyclic) bond motifs is 4. The highest BCUT2D eigenvalue weighted by Gasteiger charge is 2.47. The van der Waals surface area contributed by atoms with Gasteiger partial charge in [0.1, 0.15) is 18.1 Å². The van der Waals surface area contributed by atoms with Gasteiger partial charge in [0.15, 0.2) is 5.54 Å². The average molecular weight is 412 g/mol. The van der Waals surface area contributed by atoms with E-state index in [9.17, 15) is 0 Å². The number of nitrogens with zero attached hydrogens (tertiary/aromatic N) is 3.